The Morgan fingerprint density at radius 2 is 2.15 bits per heavy atom. The van der Waals surface area contributed by atoms with Crippen molar-refractivity contribution in [1.29, 1.82) is 0 Å². The largest absolute Gasteiger partial charge is 0.444 e. The van der Waals surface area contributed by atoms with Crippen molar-refractivity contribution in [3.05, 3.63) is 47.0 Å². The van der Waals surface area contributed by atoms with Gasteiger partial charge in [-0.3, -0.25) is 4.90 Å². The topological polar surface area (TPSA) is 42.4 Å². The summed E-state index contributed by atoms with van der Waals surface area (Å²) in [7, 11) is 0. The molecule has 1 amide bonds. The Balaban J connectivity index is 1.98. The molecular weight excluding hydrogens is 296 g/mol. The SMILES string of the molecule is CCN(C(=O)OCc1ccccc1)c1nc(CCl)cs1. The molecule has 4 nitrogen and oxygen atoms in total. The summed E-state index contributed by atoms with van der Waals surface area (Å²) < 4.78 is 5.30. The van der Waals surface area contributed by atoms with Crippen LogP contribution >= 0.6 is 22.9 Å². The summed E-state index contributed by atoms with van der Waals surface area (Å²) in [6.07, 6.45) is -0.396. The first-order chi connectivity index (χ1) is 9.74. The molecule has 0 aliphatic heterocycles. The number of anilines is 1. The first-order valence-corrected chi connectivity index (χ1v) is 7.64. The number of ether oxygens (including phenoxy) is 1. The number of carbonyl (C=O) groups excluding carboxylic acids is 1. The summed E-state index contributed by atoms with van der Waals surface area (Å²) >= 11 is 7.10. The van der Waals surface area contributed by atoms with Gasteiger partial charge in [0.15, 0.2) is 5.13 Å². The van der Waals surface area contributed by atoms with Crippen LogP contribution in [0.4, 0.5) is 9.93 Å². The van der Waals surface area contributed by atoms with E-state index in [0.717, 1.165) is 11.3 Å². The average Bonchev–Trinajstić information content (AvgIpc) is 2.96. The molecule has 1 aromatic carbocycles. The van der Waals surface area contributed by atoms with Gasteiger partial charge in [-0.2, -0.15) is 0 Å². The first-order valence-electron chi connectivity index (χ1n) is 6.23. The van der Waals surface area contributed by atoms with Crippen LogP contribution in [-0.2, 0) is 17.2 Å². The molecule has 0 unspecified atom stereocenters. The van der Waals surface area contributed by atoms with Crippen LogP contribution in [0.25, 0.3) is 0 Å². The molecule has 0 saturated carbocycles. The smallest absolute Gasteiger partial charge is 0.416 e. The van der Waals surface area contributed by atoms with Gasteiger partial charge in [0, 0.05) is 11.9 Å². The van der Waals surface area contributed by atoms with Crippen LogP contribution in [0.2, 0.25) is 0 Å². The fourth-order valence-electron chi connectivity index (χ4n) is 1.62. The van der Waals surface area contributed by atoms with Gasteiger partial charge in [0.25, 0.3) is 0 Å². The molecule has 1 heterocycles. The van der Waals surface area contributed by atoms with E-state index in [1.54, 1.807) is 0 Å². The molecule has 106 valence electrons. The van der Waals surface area contributed by atoms with Gasteiger partial charge in [-0.1, -0.05) is 30.3 Å². The number of nitrogens with zero attached hydrogens (tertiary/aromatic N) is 2. The molecule has 0 fully saturated rings. The molecule has 0 N–H and O–H groups in total. The highest BCUT2D eigenvalue weighted by atomic mass is 35.5. The van der Waals surface area contributed by atoms with Crippen LogP contribution in [0.15, 0.2) is 35.7 Å². The second-order valence-electron chi connectivity index (χ2n) is 4.04. The minimum Gasteiger partial charge on any atom is -0.444 e. The van der Waals surface area contributed by atoms with E-state index < -0.39 is 6.09 Å². The van der Waals surface area contributed by atoms with Crippen molar-refractivity contribution in [2.75, 3.05) is 11.4 Å². The van der Waals surface area contributed by atoms with E-state index >= 15 is 0 Å². The molecule has 0 aliphatic rings. The van der Waals surface area contributed by atoms with E-state index in [1.807, 2.05) is 42.6 Å². The van der Waals surface area contributed by atoms with Crippen molar-refractivity contribution in [2.24, 2.45) is 0 Å². The van der Waals surface area contributed by atoms with Gasteiger partial charge in [-0.05, 0) is 12.5 Å². The molecule has 2 rings (SSSR count). The molecule has 0 spiro atoms. The van der Waals surface area contributed by atoms with Crippen molar-refractivity contribution in [3.8, 4) is 0 Å². The maximum atomic E-state index is 12.1. The van der Waals surface area contributed by atoms with Crippen molar-refractivity contribution in [3.63, 3.8) is 0 Å². The van der Waals surface area contributed by atoms with Gasteiger partial charge in [-0.15, -0.1) is 22.9 Å². The Labute approximate surface area is 127 Å². The predicted molar refractivity (Wildman–Crippen MR) is 81.3 cm³/mol. The molecule has 0 atom stereocenters. The number of alkyl halides is 1. The summed E-state index contributed by atoms with van der Waals surface area (Å²) in [5, 5.41) is 2.45. The molecule has 0 aliphatic carbocycles. The summed E-state index contributed by atoms with van der Waals surface area (Å²) in [5.41, 5.74) is 1.72. The summed E-state index contributed by atoms with van der Waals surface area (Å²) in [4.78, 5) is 17.9. The molecule has 1 aromatic heterocycles. The minimum atomic E-state index is -0.396. The Morgan fingerprint density at radius 3 is 2.75 bits per heavy atom. The predicted octanol–water partition coefficient (Wildman–Crippen LogP) is 4.05. The molecule has 6 heteroatoms. The fraction of sp³-hybridized carbons (Fsp3) is 0.286. The number of aromatic nitrogens is 1. The van der Waals surface area contributed by atoms with Crippen LogP contribution in [-0.4, -0.2) is 17.6 Å². The standard InChI is InChI=1S/C14H15ClN2O2S/c1-2-17(13-16-12(8-15)10-20-13)14(18)19-9-11-6-4-3-5-7-11/h3-7,10H,2,8-9H2,1H3. The maximum absolute atomic E-state index is 12.1. The minimum absolute atomic E-state index is 0.254. The Hall–Kier alpha value is -1.59. The number of amides is 1. The zero-order chi connectivity index (χ0) is 14.4. The van der Waals surface area contributed by atoms with Crippen molar-refractivity contribution < 1.29 is 9.53 Å². The molecular formula is C14H15ClN2O2S. The van der Waals surface area contributed by atoms with Gasteiger partial charge in [0.05, 0.1) is 11.6 Å². The number of benzene rings is 1. The average molecular weight is 311 g/mol. The maximum Gasteiger partial charge on any atom is 0.416 e. The van der Waals surface area contributed by atoms with Crippen molar-refractivity contribution in [1.82, 2.24) is 4.98 Å². The first kappa shape index (κ1) is 14.8. The van der Waals surface area contributed by atoms with Crippen LogP contribution in [0, 0.1) is 0 Å². The van der Waals surface area contributed by atoms with Gasteiger partial charge in [0.2, 0.25) is 0 Å². The summed E-state index contributed by atoms with van der Waals surface area (Å²) in [6.45, 7) is 2.64. The molecule has 0 radical (unpaired) electrons. The number of halogens is 1. The monoisotopic (exact) mass is 310 g/mol. The van der Waals surface area contributed by atoms with Gasteiger partial charge in [-0.25, -0.2) is 9.78 Å². The van der Waals surface area contributed by atoms with Crippen LogP contribution < -0.4 is 4.90 Å². The second-order valence-corrected chi connectivity index (χ2v) is 5.14. The zero-order valence-corrected chi connectivity index (χ0v) is 12.7. The summed E-state index contributed by atoms with van der Waals surface area (Å²) in [5.74, 6) is 0.340. The normalized spacial score (nSPS) is 10.3. The highest BCUT2D eigenvalue weighted by Gasteiger charge is 2.18. The van der Waals surface area contributed by atoms with Gasteiger partial charge >= 0.3 is 6.09 Å². The lowest BCUT2D eigenvalue weighted by atomic mass is 10.2. The zero-order valence-electron chi connectivity index (χ0n) is 11.1. The lowest BCUT2D eigenvalue weighted by Gasteiger charge is -2.17. The van der Waals surface area contributed by atoms with Gasteiger partial charge < -0.3 is 4.74 Å². The van der Waals surface area contributed by atoms with E-state index in [1.165, 1.54) is 16.2 Å². The number of hydrogen-bond acceptors (Lipinski definition) is 4. The number of rotatable bonds is 5. The number of thiazole rings is 1. The molecule has 20 heavy (non-hydrogen) atoms. The van der Waals surface area contributed by atoms with E-state index in [-0.39, 0.29) is 6.61 Å². The third kappa shape index (κ3) is 3.71. The molecule has 0 saturated heterocycles. The van der Waals surface area contributed by atoms with Crippen LogP contribution in [0.3, 0.4) is 0 Å². The number of carbonyl (C=O) groups is 1. The van der Waals surface area contributed by atoms with E-state index in [0.29, 0.717) is 17.6 Å². The molecule has 2 aromatic rings. The Morgan fingerprint density at radius 1 is 1.40 bits per heavy atom. The Kier molecular flexibility index (Phi) is 5.38. The van der Waals surface area contributed by atoms with E-state index in [9.17, 15) is 4.79 Å². The van der Waals surface area contributed by atoms with E-state index in [2.05, 4.69) is 4.98 Å². The van der Waals surface area contributed by atoms with E-state index in [4.69, 9.17) is 16.3 Å². The lowest BCUT2D eigenvalue weighted by molar-refractivity contribution is 0.147. The van der Waals surface area contributed by atoms with Gasteiger partial charge in [0.1, 0.15) is 6.61 Å². The summed E-state index contributed by atoms with van der Waals surface area (Å²) in [6, 6.07) is 9.58. The Bertz CT molecular complexity index is 559. The van der Waals surface area contributed by atoms with Crippen molar-refractivity contribution in [2.45, 2.75) is 19.4 Å². The van der Waals surface area contributed by atoms with Crippen LogP contribution in [0.1, 0.15) is 18.2 Å². The third-order valence-corrected chi connectivity index (χ3v) is 3.84. The number of hydrogen-bond donors (Lipinski definition) is 0. The fourth-order valence-corrected chi connectivity index (χ4v) is 2.73. The third-order valence-electron chi connectivity index (χ3n) is 2.65. The second kappa shape index (κ2) is 7.26. The molecule has 0 bridgehead atoms. The van der Waals surface area contributed by atoms with Crippen LogP contribution in [0.5, 0.6) is 0 Å². The lowest BCUT2D eigenvalue weighted by Crippen LogP contribution is -2.31. The highest BCUT2D eigenvalue weighted by molar-refractivity contribution is 7.14. The van der Waals surface area contributed by atoms with Crippen molar-refractivity contribution >= 4 is 34.2 Å². The highest BCUT2D eigenvalue weighted by Crippen LogP contribution is 2.22. The quantitative estimate of drug-likeness (QED) is 0.783.